The van der Waals surface area contributed by atoms with Crippen LogP contribution in [0.1, 0.15) is 25.7 Å². The number of anilines is 1. The second-order valence-electron chi connectivity index (χ2n) is 7.77. The summed E-state index contributed by atoms with van der Waals surface area (Å²) in [5, 5.41) is 2.93. The molecule has 1 aliphatic heterocycles. The maximum Gasteiger partial charge on any atom is 0.251 e. The van der Waals surface area contributed by atoms with Gasteiger partial charge in [0.25, 0.3) is 5.79 Å². The zero-order chi connectivity index (χ0) is 21.0. The molecule has 1 aliphatic carbocycles. The molecule has 1 amide bonds. The molecule has 2 aliphatic rings. The van der Waals surface area contributed by atoms with Crippen LogP contribution in [0.25, 0.3) is 0 Å². The molecule has 1 heterocycles. The first-order chi connectivity index (χ1) is 14.6. The number of rotatable bonds is 8. The molecule has 1 saturated carbocycles. The molecule has 1 spiro atoms. The van der Waals surface area contributed by atoms with Gasteiger partial charge in [-0.25, -0.2) is 0 Å². The molecule has 0 unspecified atom stereocenters. The van der Waals surface area contributed by atoms with Crippen LogP contribution in [-0.4, -0.2) is 50.4 Å². The highest BCUT2D eigenvalue weighted by Crippen LogP contribution is 2.47. The summed E-state index contributed by atoms with van der Waals surface area (Å²) in [6.45, 7) is 1.32. The van der Waals surface area contributed by atoms with Crippen LogP contribution in [0.15, 0.2) is 42.5 Å². The van der Waals surface area contributed by atoms with Crippen molar-refractivity contribution < 1.29 is 23.7 Å². The Balaban J connectivity index is 1.24. The largest absolute Gasteiger partial charge is 0.493 e. The summed E-state index contributed by atoms with van der Waals surface area (Å²) < 4.78 is 23.1. The minimum atomic E-state index is -0.493. The highest BCUT2D eigenvalue weighted by Gasteiger charge is 2.44. The van der Waals surface area contributed by atoms with Gasteiger partial charge in [0.2, 0.25) is 5.91 Å². The summed E-state index contributed by atoms with van der Waals surface area (Å²) in [6, 6.07) is 13.1. The maximum atomic E-state index is 12.4. The van der Waals surface area contributed by atoms with E-state index < -0.39 is 5.79 Å². The molecule has 1 N–H and O–H groups in total. The highest BCUT2D eigenvalue weighted by molar-refractivity contribution is 5.92. The molecule has 2 aromatic carbocycles. The minimum absolute atomic E-state index is 0.0933. The predicted molar refractivity (Wildman–Crippen MR) is 114 cm³/mol. The Labute approximate surface area is 176 Å². The summed E-state index contributed by atoms with van der Waals surface area (Å²) in [6.07, 6.45) is 4.05. The molecule has 4 rings (SSSR count). The Morgan fingerprint density at radius 1 is 1.10 bits per heavy atom. The third-order valence-corrected chi connectivity index (χ3v) is 5.40. The van der Waals surface area contributed by atoms with E-state index in [1.165, 1.54) is 0 Å². The van der Waals surface area contributed by atoms with E-state index in [2.05, 4.69) is 5.32 Å². The number of para-hydroxylation sites is 2. The Hall–Kier alpha value is -2.93. The van der Waals surface area contributed by atoms with Crippen LogP contribution in [0.3, 0.4) is 0 Å². The summed E-state index contributed by atoms with van der Waals surface area (Å²) in [4.78, 5) is 14.3. The average molecular weight is 412 g/mol. The monoisotopic (exact) mass is 412 g/mol. The van der Waals surface area contributed by atoms with E-state index in [9.17, 15) is 4.79 Å². The number of carbonyl (C=O) groups is 1. The fourth-order valence-electron chi connectivity index (χ4n) is 3.86. The van der Waals surface area contributed by atoms with Crippen molar-refractivity contribution in [3.63, 3.8) is 0 Å². The number of amides is 1. The molecule has 7 nitrogen and oxygen atoms in total. The Morgan fingerprint density at radius 2 is 1.83 bits per heavy atom. The Bertz CT molecular complexity index is 895. The van der Waals surface area contributed by atoms with Crippen LogP contribution in [0.4, 0.5) is 5.69 Å². The molecular weight excluding hydrogens is 384 g/mol. The van der Waals surface area contributed by atoms with Gasteiger partial charge in [0, 0.05) is 31.1 Å². The minimum Gasteiger partial charge on any atom is -0.493 e. The van der Waals surface area contributed by atoms with Crippen molar-refractivity contribution in [2.45, 2.75) is 31.5 Å². The van der Waals surface area contributed by atoms with E-state index in [1.54, 1.807) is 7.11 Å². The SMILES string of the molecule is COc1ccccc1OCCN(C)CC(=O)Nc1ccc2c(c1)OC1(CCCC1)O2. The number of ether oxygens (including phenoxy) is 4. The first-order valence-corrected chi connectivity index (χ1v) is 10.3. The number of benzene rings is 2. The fraction of sp³-hybridized carbons (Fsp3) is 0.435. The van der Waals surface area contributed by atoms with Crippen molar-refractivity contribution in [3.05, 3.63) is 42.5 Å². The van der Waals surface area contributed by atoms with Crippen LogP contribution in [-0.2, 0) is 4.79 Å². The smallest absolute Gasteiger partial charge is 0.251 e. The van der Waals surface area contributed by atoms with Gasteiger partial charge >= 0.3 is 0 Å². The second kappa shape index (κ2) is 8.83. The molecule has 0 radical (unpaired) electrons. The molecular formula is C23H28N2O5. The molecule has 0 bridgehead atoms. The molecule has 0 atom stereocenters. The highest BCUT2D eigenvalue weighted by atomic mass is 16.7. The predicted octanol–water partition coefficient (Wildman–Crippen LogP) is 3.69. The van der Waals surface area contributed by atoms with Gasteiger partial charge in [-0.15, -0.1) is 0 Å². The standard InChI is InChI=1S/C23H28N2O5/c1-25(13-14-28-19-8-4-3-7-18(19)27-2)16-22(26)24-17-9-10-20-21(15-17)30-23(29-20)11-5-6-12-23/h3-4,7-10,15H,5-6,11-14,16H2,1-2H3,(H,24,26). The molecule has 7 heteroatoms. The van der Waals surface area contributed by atoms with E-state index >= 15 is 0 Å². The summed E-state index contributed by atoms with van der Waals surface area (Å²) in [5.74, 6) is 2.25. The quantitative estimate of drug-likeness (QED) is 0.713. The summed E-state index contributed by atoms with van der Waals surface area (Å²) in [7, 11) is 3.50. The number of hydrogen-bond acceptors (Lipinski definition) is 6. The molecule has 1 fully saturated rings. The number of nitrogens with zero attached hydrogens (tertiary/aromatic N) is 1. The Morgan fingerprint density at radius 3 is 2.60 bits per heavy atom. The molecule has 2 aromatic rings. The van der Waals surface area contributed by atoms with Crippen molar-refractivity contribution in [3.8, 4) is 23.0 Å². The lowest BCUT2D eigenvalue weighted by molar-refractivity contribution is -0.117. The normalized spacial score (nSPS) is 16.1. The number of methoxy groups -OCH3 is 1. The van der Waals surface area contributed by atoms with Gasteiger partial charge < -0.3 is 24.3 Å². The Kier molecular flexibility index (Phi) is 5.99. The van der Waals surface area contributed by atoms with Crippen LogP contribution in [0.2, 0.25) is 0 Å². The van der Waals surface area contributed by atoms with E-state index in [4.69, 9.17) is 18.9 Å². The van der Waals surface area contributed by atoms with Crippen LogP contribution >= 0.6 is 0 Å². The first-order valence-electron chi connectivity index (χ1n) is 10.3. The van der Waals surface area contributed by atoms with Crippen molar-refractivity contribution in [2.24, 2.45) is 0 Å². The lowest BCUT2D eigenvalue weighted by atomic mass is 10.2. The third kappa shape index (κ3) is 4.62. The number of likely N-dealkylation sites (N-methyl/N-ethyl adjacent to an activating group) is 1. The molecule has 0 saturated heterocycles. The van der Waals surface area contributed by atoms with Gasteiger partial charge in [-0.3, -0.25) is 9.69 Å². The topological polar surface area (TPSA) is 69.3 Å². The van der Waals surface area contributed by atoms with Gasteiger partial charge in [-0.2, -0.15) is 0 Å². The zero-order valence-corrected chi connectivity index (χ0v) is 17.5. The average Bonchev–Trinajstić information content (AvgIpc) is 3.33. The van der Waals surface area contributed by atoms with Crippen LogP contribution in [0, 0.1) is 0 Å². The lowest BCUT2D eigenvalue weighted by Gasteiger charge is -2.21. The number of carbonyl (C=O) groups excluding carboxylic acids is 1. The summed E-state index contributed by atoms with van der Waals surface area (Å²) >= 11 is 0. The van der Waals surface area contributed by atoms with Gasteiger partial charge in [-0.1, -0.05) is 12.1 Å². The van der Waals surface area contributed by atoms with Gasteiger partial charge in [0.1, 0.15) is 6.61 Å². The molecule has 30 heavy (non-hydrogen) atoms. The van der Waals surface area contributed by atoms with Gasteiger partial charge in [0.05, 0.1) is 13.7 Å². The van der Waals surface area contributed by atoms with E-state index in [0.717, 1.165) is 31.4 Å². The maximum absolute atomic E-state index is 12.4. The lowest BCUT2D eigenvalue weighted by Crippen LogP contribution is -2.34. The summed E-state index contributed by atoms with van der Waals surface area (Å²) in [5.41, 5.74) is 0.705. The third-order valence-electron chi connectivity index (χ3n) is 5.40. The van der Waals surface area contributed by atoms with E-state index in [1.807, 2.05) is 54.4 Å². The van der Waals surface area contributed by atoms with E-state index in [-0.39, 0.29) is 12.5 Å². The molecule has 0 aromatic heterocycles. The van der Waals surface area contributed by atoms with E-state index in [0.29, 0.717) is 36.1 Å². The second-order valence-corrected chi connectivity index (χ2v) is 7.77. The van der Waals surface area contributed by atoms with Crippen LogP contribution < -0.4 is 24.3 Å². The van der Waals surface area contributed by atoms with Crippen molar-refractivity contribution in [2.75, 3.05) is 39.2 Å². The first kappa shape index (κ1) is 20.3. The van der Waals surface area contributed by atoms with Crippen LogP contribution in [0.5, 0.6) is 23.0 Å². The number of hydrogen-bond donors (Lipinski definition) is 1. The number of fused-ring (bicyclic) bond motifs is 1. The molecule has 160 valence electrons. The zero-order valence-electron chi connectivity index (χ0n) is 17.5. The van der Waals surface area contributed by atoms with Crippen molar-refractivity contribution >= 4 is 11.6 Å². The van der Waals surface area contributed by atoms with Gasteiger partial charge in [-0.05, 0) is 44.2 Å². The number of nitrogens with one attached hydrogen (secondary N) is 1. The van der Waals surface area contributed by atoms with Gasteiger partial charge in [0.15, 0.2) is 23.0 Å². The van der Waals surface area contributed by atoms with Crippen molar-refractivity contribution in [1.29, 1.82) is 0 Å². The van der Waals surface area contributed by atoms with Crippen molar-refractivity contribution in [1.82, 2.24) is 4.90 Å². The fourth-order valence-corrected chi connectivity index (χ4v) is 3.86.